The fourth-order valence-corrected chi connectivity index (χ4v) is 4.74. The van der Waals surface area contributed by atoms with Crippen LogP contribution in [-0.4, -0.2) is 22.5 Å². The van der Waals surface area contributed by atoms with Crippen molar-refractivity contribution in [2.45, 2.75) is 38.1 Å². The second-order valence-electron chi connectivity index (χ2n) is 5.53. The molecular formula is C14H20N4O4S2. The maximum Gasteiger partial charge on any atom is 0.330 e. The number of aromatic nitrogens is 3. The molecule has 2 aromatic heterocycles. The molecule has 2 heterocycles. The summed E-state index contributed by atoms with van der Waals surface area (Å²) in [6.45, 7) is 5.61. The summed E-state index contributed by atoms with van der Waals surface area (Å²) in [6.07, 6.45) is 1.52. The lowest BCUT2D eigenvalue weighted by molar-refractivity contribution is 0.541. The molecule has 24 heavy (non-hydrogen) atoms. The molecule has 0 saturated carbocycles. The first-order valence-electron chi connectivity index (χ1n) is 7.31. The molecule has 8 nitrogen and oxygen atoms in total. The van der Waals surface area contributed by atoms with Crippen LogP contribution in [0.1, 0.15) is 35.0 Å². The lowest BCUT2D eigenvalue weighted by atomic mass is 10.2. The summed E-state index contributed by atoms with van der Waals surface area (Å²) in [6, 6.07) is -0.533. The van der Waals surface area contributed by atoms with Crippen LogP contribution in [-0.2, 0) is 24.1 Å². The van der Waals surface area contributed by atoms with E-state index in [0.717, 1.165) is 25.9 Å². The Morgan fingerprint density at radius 3 is 2.42 bits per heavy atom. The minimum atomic E-state index is -4.09. The topological polar surface area (TPSA) is 103 Å². The van der Waals surface area contributed by atoms with Gasteiger partial charge in [0.1, 0.15) is 5.01 Å². The Morgan fingerprint density at radius 1 is 1.29 bits per heavy atom. The van der Waals surface area contributed by atoms with Crippen LogP contribution in [0.5, 0.6) is 0 Å². The SMILES string of the molecule is CCC(NS(=O)(=O)c1cn(C)c(=O)n(C)c1=O)c1nc(C)c(C)s1. The molecule has 0 radical (unpaired) electrons. The maximum atomic E-state index is 12.6. The zero-order chi connectivity index (χ0) is 18.2. The van der Waals surface area contributed by atoms with Crippen molar-refractivity contribution in [3.63, 3.8) is 0 Å². The van der Waals surface area contributed by atoms with Gasteiger partial charge in [0.2, 0.25) is 10.0 Å². The van der Waals surface area contributed by atoms with Gasteiger partial charge < -0.3 is 4.57 Å². The van der Waals surface area contributed by atoms with Crippen LogP contribution < -0.4 is 16.0 Å². The van der Waals surface area contributed by atoms with Gasteiger partial charge in [-0.25, -0.2) is 22.9 Å². The number of nitrogens with zero attached hydrogens (tertiary/aromatic N) is 3. The average Bonchev–Trinajstić information content (AvgIpc) is 2.85. The Bertz CT molecular complexity index is 966. The van der Waals surface area contributed by atoms with E-state index in [4.69, 9.17) is 0 Å². The molecule has 132 valence electrons. The Morgan fingerprint density at radius 2 is 1.92 bits per heavy atom. The molecule has 0 fully saturated rings. The molecular weight excluding hydrogens is 352 g/mol. The number of thiazole rings is 1. The van der Waals surface area contributed by atoms with Gasteiger partial charge in [0, 0.05) is 25.2 Å². The summed E-state index contributed by atoms with van der Waals surface area (Å²) >= 11 is 1.42. The number of hydrogen-bond donors (Lipinski definition) is 1. The van der Waals surface area contributed by atoms with Crippen molar-refractivity contribution in [2.75, 3.05) is 0 Å². The highest BCUT2D eigenvalue weighted by Crippen LogP contribution is 2.26. The largest absolute Gasteiger partial charge is 0.330 e. The van der Waals surface area contributed by atoms with Crippen LogP contribution in [0.2, 0.25) is 0 Å². The van der Waals surface area contributed by atoms with Crippen LogP contribution in [0.15, 0.2) is 20.7 Å². The lowest BCUT2D eigenvalue weighted by Gasteiger charge is -2.15. The monoisotopic (exact) mass is 372 g/mol. The first-order valence-corrected chi connectivity index (χ1v) is 9.61. The van der Waals surface area contributed by atoms with Crippen molar-refractivity contribution >= 4 is 21.4 Å². The molecule has 1 atom stereocenters. The predicted molar refractivity (Wildman–Crippen MR) is 91.9 cm³/mol. The summed E-state index contributed by atoms with van der Waals surface area (Å²) < 4.78 is 29.6. The van der Waals surface area contributed by atoms with Crippen molar-refractivity contribution in [3.05, 3.63) is 42.6 Å². The van der Waals surface area contributed by atoms with Gasteiger partial charge in [0.05, 0.1) is 11.7 Å². The minimum Gasteiger partial charge on any atom is -0.302 e. The van der Waals surface area contributed by atoms with E-state index in [1.165, 1.54) is 25.4 Å². The molecule has 0 bridgehead atoms. The van der Waals surface area contributed by atoms with Crippen molar-refractivity contribution in [2.24, 2.45) is 14.1 Å². The standard InChI is InChI=1S/C14H20N4O4S2/c1-6-10(12-15-8(2)9(3)23-12)16-24(21,22)11-7-17(4)14(20)18(5)13(11)19/h7,10,16H,6H2,1-5H3. The molecule has 0 aliphatic heterocycles. The maximum absolute atomic E-state index is 12.6. The third kappa shape index (κ3) is 3.35. The average molecular weight is 372 g/mol. The number of hydrogen-bond acceptors (Lipinski definition) is 6. The Labute approximate surface area is 143 Å². The Balaban J connectivity index is 2.48. The zero-order valence-electron chi connectivity index (χ0n) is 14.2. The van der Waals surface area contributed by atoms with E-state index in [9.17, 15) is 18.0 Å². The van der Waals surface area contributed by atoms with Crippen LogP contribution in [0.3, 0.4) is 0 Å². The number of rotatable bonds is 5. The molecule has 0 saturated heterocycles. The van der Waals surface area contributed by atoms with E-state index in [-0.39, 0.29) is 0 Å². The second-order valence-corrected chi connectivity index (χ2v) is 8.44. The lowest BCUT2D eigenvalue weighted by Crippen LogP contribution is -2.42. The summed E-state index contributed by atoms with van der Waals surface area (Å²) in [7, 11) is -1.45. The molecule has 0 aliphatic rings. The number of nitrogens with one attached hydrogen (secondary N) is 1. The van der Waals surface area contributed by atoms with E-state index in [0.29, 0.717) is 11.4 Å². The molecule has 0 aromatic carbocycles. The number of aryl methyl sites for hydroxylation is 3. The highest BCUT2D eigenvalue weighted by atomic mass is 32.2. The summed E-state index contributed by atoms with van der Waals surface area (Å²) in [5.41, 5.74) is -0.588. The van der Waals surface area contributed by atoms with Crippen molar-refractivity contribution in [1.82, 2.24) is 18.8 Å². The third-order valence-corrected chi connectivity index (χ3v) is 6.39. The minimum absolute atomic E-state index is 0.462. The van der Waals surface area contributed by atoms with E-state index in [2.05, 4.69) is 9.71 Å². The third-order valence-electron chi connectivity index (χ3n) is 3.75. The fraction of sp³-hybridized carbons (Fsp3) is 0.500. The number of sulfonamides is 1. The fourth-order valence-electron chi connectivity index (χ4n) is 2.17. The van der Waals surface area contributed by atoms with E-state index in [1.807, 2.05) is 20.8 Å². The van der Waals surface area contributed by atoms with Crippen molar-refractivity contribution in [3.8, 4) is 0 Å². The highest BCUT2D eigenvalue weighted by Gasteiger charge is 2.26. The van der Waals surface area contributed by atoms with Gasteiger partial charge in [-0.3, -0.25) is 9.36 Å². The zero-order valence-corrected chi connectivity index (χ0v) is 15.8. The van der Waals surface area contributed by atoms with Gasteiger partial charge in [-0.2, -0.15) is 0 Å². The van der Waals surface area contributed by atoms with Crippen LogP contribution in [0.4, 0.5) is 0 Å². The molecule has 1 N–H and O–H groups in total. The first-order chi connectivity index (χ1) is 11.1. The summed E-state index contributed by atoms with van der Waals surface area (Å²) in [5.74, 6) is 0. The van der Waals surface area contributed by atoms with Gasteiger partial charge in [-0.15, -0.1) is 11.3 Å². The Kier molecular flexibility index (Phi) is 5.11. The highest BCUT2D eigenvalue weighted by molar-refractivity contribution is 7.89. The van der Waals surface area contributed by atoms with Crippen LogP contribution >= 0.6 is 11.3 Å². The molecule has 0 amide bonds. The van der Waals surface area contributed by atoms with Crippen LogP contribution in [0.25, 0.3) is 0 Å². The molecule has 2 rings (SSSR count). The van der Waals surface area contributed by atoms with Crippen molar-refractivity contribution in [1.29, 1.82) is 0 Å². The first kappa shape index (κ1) is 18.6. The van der Waals surface area contributed by atoms with E-state index in [1.54, 1.807) is 0 Å². The quantitative estimate of drug-likeness (QED) is 0.827. The van der Waals surface area contributed by atoms with Gasteiger partial charge in [-0.1, -0.05) is 6.92 Å². The van der Waals surface area contributed by atoms with Crippen molar-refractivity contribution < 1.29 is 8.42 Å². The predicted octanol–water partition coefficient (Wildman–Crippen LogP) is 0.587. The summed E-state index contributed by atoms with van der Waals surface area (Å²) in [4.78, 5) is 28.8. The second kappa shape index (κ2) is 6.61. The Hall–Kier alpha value is -1.78. The van der Waals surface area contributed by atoms with Gasteiger partial charge in [0.25, 0.3) is 5.56 Å². The van der Waals surface area contributed by atoms with E-state index < -0.39 is 32.2 Å². The summed E-state index contributed by atoms with van der Waals surface area (Å²) in [5, 5.41) is 0.651. The smallest absolute Gasteiger partial charge is 0.302 e. The van der Waals surface area contributed by atoms with Gasteiger partial charge in [-0.05, 0) is 20.3 Å². The van der Waals surface area contributed by atoms with Gasteiger partial charge >= 0.3 is 5.69 Å². The normalized spacial score (nSPS) is 13.2. The molecule has 0 spiro atoms. The molecule has 1 unspecified atom stereocenters. The van der Waals surface area contributed by atoms with Gasteiger partial charge in [0.15, 0.2) is 4.90 Å². The van der Waals surface area contributed by atoms with E-state index >= 15 is 0 Å². The molecule has 10 heteroatoms. The van der Waals surface area contributed by atoms with Crippen LogP contribution in [0, 0.1) is 13.8 Å². The molecule has 0 aliphatic carbocycles. The molecule has 2 aromatic rings.